The van der Waals surface area contributed by atoms with Gasteiger partial charge < -0.3 is 15.4 Å². The summed E-state index contributed by atoms with van der Waals surface area (Å²) in [7, 11) is 0. The zero-order valence-corrected chi connectivity index (χ0v) is 12.4. The minimum atomic E-state index is -0.411. The van der Waals surface area contributed by atoms with Crippen LogP contribution in [0.2, 0.25) is 0 Å². The van der Waals surface area contributed by atoms with E-state index in [0.29, 0.717) is 13.1 Å². The van der Waals surface area contributed by atoms with Crippen LogP contribution in [0.3, 0.4) is 0 Å². The van der Waals surface area contributed by atoms with Gasteiger partial charge >= 0.3 is 6.03 Å². The molecule has 4 nitrogen and oxygen atoms in total. The molecule has 2 aromatic carbocycles. The average molecular weight is 302 g/mol. The Morgan fingerprint density at radius 3 is 2.59 bits per heavy atom. The lowest BCUT2D eigenvalue weighted by atomic mass is 10.1. The molecule has 2 amide bonds. The number of hydrogen-bond donors (Lipinski definition) is 2. The number of ether oxygens (including phenoxy) is 1. The van der Waals surface area contributed by atoms with Gasteiger partial charge in [0.15, 0.2) is 11.6 Å². The van der Waals surface area contributed by atoms with E-state index in [4.69, 9.17) is 4.74 Å². The Bertz CT molecular complexity index is 632. The van der Waals surface area contributed by atoms with E-state index >= 15 is 0 Å². The Hall–Kier alpha value is -2.56. The van der Waals surface area contributed by atoms with E-state index in [-0.39, 0.29) is 18.4 Å². The number of halogens is 1. The van der Waals surface area contributed by atoms with Gasteiger partial charge in [0, 0.05) is 6.54 Å². The Balaban J connectivity index is 1.66. The van der Waals surface area contributed by atoms with E-state index in [0.717, 1.165) is 11.1 Å². The molecule has 0 atom stereocenters. The molecule has 5 heteroatoms. The number of para-hydroxylation sites is 1. The number of hydrogen-bond acceptors (Lipinski definition) is 2. The maximum Gasteiger partial charge on any atom is 0.315 e. The summed E-state index contributed by atoms with van der Waals surface area (Å²) in [4.78, 5) is 11.7. The number of urea groups is 1. The summed E-state index contributed by atoms with van der Waals surface area (Å²) in [6, 6.07) is 13.8. The molecule has 0 aliphatic carbocycles. The number of carbonyl (C=O) groups is 1. The van der Waals surface area contributed by atoms with Crippen molar-refractivity contribution >= 4 is 6.03 Å². The summed E-state index contributed by atoms with van der Waals surface area (Å²) < 4.78 is 18.5. The van der Waals surface area contributed by atoms with Crippen LogP contribution in [0.15, 0.2) is 48.5 Å². The van der Waals surface area contributed by atoms with E-state index in [2.05, 4.69) is 10.6 Å². The summed E-state index contributed by atoms with van der Waals surface area (Å²) in [5.41, 5.74) is 2.20. The maximum atomic E-state index is 13.3. The van der Waals surface area contributed by atoms with E-state index in [1.54, 1.807) is 18.2 Å². The van der Waals surface area contributed by atoms with Crippen LogP contribution in [-0.4, -0.2) is 19.2 Å². The van der Waals surface area contributed by atoms with E-state index in [1.165, 1.54) is 6.07 Å². The summed E-state index contributed by atoms with van der Waals surface area (Å²) >= 11 is 0. The highest BCUT2D eigenvalue weighted by molar-refractivity contribution is 5.73. The average Bonchev–Trinajstić information content (AvgIpc) is 2.52. The number of benzene rings is 2. The lowest BCUT2D eigenvalue weighted by Gasteiger charge is -2.10. The Morgan fingerprint density at radius 1 is 1.09 bits per heavy atom. The van der Waals surface area contributed by atoms with Crippen molar-refractivity contribution in [1.82, 2.24) is 10.6 Å². The topological polar surface area (TPSA) is 50.4 Å². The molecule has 0 heterocycles. The normalized spacial score (nSPS) is 10.1. The molecular weight excluding hydrogens is 283 g/mol. The van der Waals surface area contributed by atoms with Gasteiger partial charge in [-0.25, -0.2) is 9.18 Å². The first-order valence-corrected chi connectivity index (χ1v) is 7.10. The molecule has 0 aliphatic rings. The third-order valence-electron chi connectivity index (χ3n) is 3.18. The molecule has 0 saturated carbocycles. The van der Waals surface area contributed by atoms with Gasteiger partial charge in [0.05, 0.1) is 6.54 Å². The minimum absolute atomic E-state index is 0.185. The van der Waals surface area contributed by atoms with Gasteiger partial charge in [-0.3, -0.25) is 0 Å². The highest BCUT2D eigenvalue weighted by atomic mass is 19.1. The first-order chi connectivity index (χ1) is 10.7. The van der Waals surface area contributed by atoms with Crippen molar-refractivity contribution < 1.29 is 13.9 Å². The predicted octanol–water partition coefficient (Wildman–Crippen LogP) is 3.01. The molecule has 2 rings (SSSR count). The molecule has 0 radical (unpaired) electrons. The second-order valence-corrected chi connectivity index (χ2v) is 4.81. The van der Waals surface area contributed by atoms with Crippen molar-refractivity contribution in [3.05, 3.63) is 65.5 Å². The highest BCUT2D eigenvalue weighted by Gasteiger charge is 2.03. The number of carbonyl (C=O) groups excluding carboxylic acids is 1. The SMILES string of the molecule is Cc1ccccc1CNC(=O)NCCOc1ccccc1F. The summed E-state index contributed by atoms with van der Waals surface area (Å²) in [5.74, 6) is -0.226. The number of rotatable bonds is 6. The van der Waals surface area contributed by atoms with Crippen LogP contribution in [0, 0.1) is 12.7 Å². The molecular formula is C17H19FN2O2. The van der Waals surface area contributed by atoms with Crippen molar-refractivity contribution in [3.8, 4) is 5.75 Å². The summed E-state index contributed by atoms with van der Waals surface area (Å²) in [6.07, 6.45) is 0. The molecule has 2 N–H and O–H groups in total. The molecule has 0 saturated heterocycles. The molecule has 2 aromatic rings. The lowest BCUT2D eigenvalue weighted by molar-refractivity contribution is 0.235. The molecule has 0 aromatic heterocycles. The Labute approximate surface area is 129 Å². The van der Waals surface area contributed by atoms with Gasteiger partial charge in [0.25, 0.3) is 0 Å². The van der Waals surface area contributed by atoms with Crippen molar-refractivity contribution in [1.29, 1.82) is 0 Å². The van der Waals surface area contributed by atoms with E-state index in [9.17, 15) is 9.18 Å². The third-order valence-corrected chi connectivity index (χ3v) is 3.18. The van der Waals surface area contributed by atoms with Gasteiger partial charge in [-0.1, -0.05) is 36.4 Å². The molecule has 0 fully saturated rings. The predicted molar refractivity (Wildman–Crippen MR) is 83.3 cm³/mol. The first kappa shape index (κ1) is 15.8. The molecule has 116 valence electrons. The van der Waals surface area contributed by atoms with Crippen LogP contribution in [0.5, 0.6) is 5.75 Å². The molecule has 0 unspecified atom stereocenters. The fraction of sp³-hybridized carbons (Fsp3) is 0.235. The van der Waals surface area contributed by atoms with Gasteiger partial charge in [0.2, 0.25) is 0 Å². The second-order valence-electron chi connectivity index (χ2n) is 4.81. The number of nitrogens with one attached hydrogen (secondary N) is 2. The van der Waals surface area contributed by atoms with Crippen molar-refractivity contribution in [2.24, 2.45) is 0 Å². The van der Waals surface area contributed by atoms with Crippen LogP contribution >= 0.6 is 0 Å². The lowest BCUT2D eigenvalue weighted by Crippen LogP contribution is -2.37. The van der Waals surface area contributed by atoms with Crippen LogP contribution in [0.1, 0.15) is 11.1 Å². The standard InChI is InChI=1S/C17H19FN2O2/c1-13-6-2-3-7-14(13)12-20-17(21)19-10-11-22-16-9-5-4-8-15(16)18/h2-9H,10-12H2,1H3,(H2,19,20,21). The number of amides is 2. The Kier molecular flexibility index (Phi) is 5.77. The summed E-state index contributed by atoms with van der Waals surface area (Å²) in [5, 5.41) is 5.43. The molecule has 22 heavy (non-hydrogen) atoms. The van der Waals surface area contributed by atoms with Gasteiger partial charge in [-0.05, 0) is 30.2 Å². The van der Waals surface area contributed by atoms with Gasteiger partial charge in [-0.15, -0.1) is 0 Å². The highest BCUT2D eigenvalue weighted by Crippen LogP contribution is 2.14. The Morgan fingerprint density at radius 2 is 1.82 bits per heavy atom. The smallest absolute Gasteiger partial charge is 0.315 e. The van der Waals surface area contributed by atoms with E-state index in [1.807, 2.05) is 31.2 Å². The van der Waals surface area contributed by atoms with Crippen LogP contribution in [0.25, 0.3) is 0 Å². The van der Waals surface area contributed by atoms with Crippen LogP contribution in [0.4, 0.5) is 9.18 Å². The van der Waals surface area contributed by atoms with Crippen LogP contribution in [-0.2, 0) is 6.54 Å². The van der Waals surface area contributed by atoms with Crippen molar-refractivity contribution in [2.75, 3.05) is 13.2 Å². The molecule has 0 spiro atoms. The van der Waals surface area contributed by atoms with Crippen molar-refractivity contribution in [2.45, 2.75) is 13.5 Å². The monoisotopic (exact) mass is 302 g/mol. The molecule has 0 aliphatic heterocycles. The minimum Gasteiger partial charge on any atom is -0.489 e. The number of aryl methyl sites for hydroxylation is 1. The quantitative estimate of drug-likeness (QED) is 0.806. The summed E-state index contributed by atoms with van der Waals surface area (Å²) in [6.45, 7) is 2.97. The first-order valence-electron chi connectivity index (χ1n) is 7.10. The van der Waals surface area contributed by atoms with Crippen LogP contribution < -0.4 is 15.4 Å². The molecule has 0 bridgehead atoms. The fourth-order valence-corrected chi connectivity index (χ4v) is 1.93. The second kappa shape index (κ2) is 8.02. The van der Waals surface area contributed by atoms with Gasteiger partial charge in [-0.2, -0.15) is 0 Å². The van der Waals surface area contributed by atoms with Crippen molar-refractivity contribution in [3.63, 3.8) is 0 Å². The zero-order chi connectivity index (χ0) is 15.8. The zero-order valence-electron chi connectivity index (χ0n) is 12.4. The van der Waals surface area contributed by atoms with Gasteiger partial charge in [0.1, 0.15) is 6.61 Å². The fourth-order valence-electron chi connectivity index (χ4n) is 1.93. The maximum absolute atomic E-state index is 13.3. The third kappa shape index (κ3) is 4.77. The van der Waals surface area contributed by atoms with E-state index < -0.39 is 5.82 Å². The largest absolute Gasteiger partial charge is 0.489 e.